The molecule has 0 saturated carbocycles. The normalized spacial score (nSPS) is 5.12. The second kappa shape index (κ2) is 6.56. The molecule has 0 rings (SSSR count). The van der Waals surface area contributed by atoms with E-state index in [2.05, 4.69) is 16.4 Å². The molecule has 8 heavy (non-hydrogen) atoms. The number of carbonyl (C=O) groups excluding carboxylic acids is 1. The van der Waals surface area contributed by atoms with Crippen molar-refractivity contribution in [2.24, 2.45) is 5.73 Å². The van der Waals surface area contributed by atoms with Crippen LogP contribution in [0, 0.1) is 12.0 Å². The first-order valence-corrected chi connectivity index (χ1v) is 1.65. The van der Waals surface area contributed by atoms with Gasteiger partial charge in [-0.05, 0) is 0 Å². The molecule has 0 aliphatic carbocycles. The maximum atomic E-state index is 9.66. The molecule has 0 spiro atoms. The predicted molar refractivity (Wildman–Crippen MR) is 39.5 cm³/mol. The van der Waals surface area contributed by atoms with E-state index in [9.17, 15) is 4.79 Å². The Balaban J connectivity index is 0. The number of rotatable bonds is 0. The third-order valence-corrected chi connectivity index (χ3v) is 0.254. The molecule has 0 aromatic rings. The van der Waals surface area contributed by atoms with Crippen molar-refractivity contribution in [1.82, 2.24) is 0 Å². The zero-order valence-electron chi connectivity index (χ0n) is 4.30. The van der Waals surface area contributed by atoms with Gasteiger partial charge in [-0.2, -0.15) is 0 Å². The van der Waals surface area contributed by atoms with Gasteiger partial charge in [0, 0.05) is 6.92 Å². The fraction of sp³-hybridized carbons (Fsp3) is 0.250. The number of hydrogen-bond donors (Lipinski definition) is 1. The molecule has 0 atom stereocenters. The maximum absolute atomic E-state index is 9.66. The van der Waals surface area contributed by atoms with E-state index in [-0.39, 0.29) is 24.0 Å². The second-order valence-electron chi connectivity index (χ2n) is 0.773. The first-order valence-electron chi connectivity index (χ1n) is 1.65. The van der Waals surface area contributed by atoms with Gasteiger partial charge in [0.2, 0.25) is 0 Å². The summed E-state index contributed by atoms with van der Waals surface area (Å²) in [7, 11) is 0. The van der Waals surface area contributed by atoms with E-state index in [0.717, 1.165) is 0 Å². The minimum Gasteiger partial charge on any atom is -0.356 e. The highest BCUT2D eigenvalue weighted by atomic mass is 127. The van der Waals surface area contributed by atoms with E-state index in [1.54, 1.807) is 6.92 Å². The number of nitrogens with two attached hydrogens (primary N) is 1. The van der Waals surface area contributed by atoms with E-state index in [1.165, 1.54) is 0 Å². The fourth-order valence-corrected chi connectivity index (χ4v) is 0.101. The molecule has 0 aliphatic rings. The van der Waals surface area contributed by atoms with Crippen LogP contribution < -0.4 is 5.73 Å². The molecule has 2 N–H and O–H groups in total. The van der Waals surface area contributed by atoms with Crippen molar-refractivity contribution in [2.75, 3.05) is 0 Å². The highest BCUT2D eigenvalue weighted by Gasteiger charge is 1.81. The van der Waals surface area contributed by atoms with E-state index < -0.39 is 6.09 Å². The number of hydrogen-bond acceptors (Lipinski definition) is 2. The standard InChI is InChI=1S/C4H5NO2.HI/c1-2-3-7-4(5)6;/h1H3,(H2,5,6);1H. The Bertz CT molecular complexity index is 124. The first kappa shape index (κ1) is 10.5. The Morgan fingerprint density at radius 2 is 2.25 bits per heavy atom. The summed E-state index contributed by atoms with van der Waals surface area (Å²) < 4.78 is 3.97. The number of carbonyl (C=O) groups is 1. The van der Waals surface area contributed by atoms with Crippen LogP contribution in [0.1, 0.15) is 6.92 Å². The number of ether oxygens (including phenoxy) is 1. The summed E-state index contributed by atoms with van der Waals surface area (Å²) >= 11 is 0. The van der Waals surface area contributed by atoms with E-state index in [4.69, 9.17) is 0 Å². The minimum atomic E-state index is -0.866. The van der Waals surface area contributed by atoms with Gasteiger partial charge in [-0.25, -0.2) is 4.79 Å². The molecular formula is C4H6INO2. The largest absolute Gasteiger partial charge is 0.418 e. The molecule has 3 nitrogen and oxygen atoms in total. The van der Waals surface area contributed by atoms with Crippen molar-refractivity contribution < 1.29 is 9.53 Å². The van der Waals surface area contributed by atoms with Crippen LogP contribution >= 0.6 is 24.0 Å². The van der Waals surface area contributed by atoms with Crippen molar-refractivity contribution in [3.8, 4) is 12.0 Å². The maximum Gasteiger partial charge on any atom is 0.418 e. The molecule has 0 heterocycles. The lowest BCUT2D eigenvalue weighted by molar-refractivity contribution is 0.202. The van der Waals surface area contributed by atoms with E-state index in [1.807, 2.05) is 6.11 Å². The Kier molecular flexibility index (Phi) is 8.63. The Labute approximate surface area is 64.6 Å². The average molecular weight is 227 g/mol. The van der Waals surface area contributed by atoms with Crippen molar-refractivity contribution >= 4 is 30.1 Å². The fourth-order valence-electron chi connectivity index (χ4n) is 0.101. The molecule has 0 fully saturated rings. The summed E-state index contributed by atoms with van der Waals surface area (Å²) in [5.41, 5.74) is 4.51. The summed E-state index contributed by atoms with van der Waals surface area (Å²) in [6, 6.07) is 0. The molecule has 0 aliphatic heterocycles. The third kappa shape index (κ3) is 9.12. The first-order chi connectivity index (χ1) is 3.27. The van der Waals surface area contributed by atoms with Gasteiger partial charge in [0.05, 0.1) is 0 Å². The zero-order chi connectivity index (χ0) is 5.70. The molecule has 46 valence electrons. The summed E-state index contributed by atoms with van der Waals surface area (Å²) in [6.07, 6.45) is 1.16. The molecule has 0 aromatic heterocycles. The van der Waals surface area contributed by atoms with Crippen molar-refractivity contribution in [3.63, 3.8) is 0 Å². The second-order valence-corrected chi connectivity index (χ2v) is 0.773. The van der Waals surface area contributed by atoms with Gasteiger partial charge in [0.1, 0.15) is 6.11 Å². The Morgan fingerprint density at radius 1 is 1.75 bits per heavy atom. The molecular weight excluding hydrogens is 221 g/mol. The summed E-state index contributed by atoms with van der Waals surface area (Å²) in [6.45, 7) is 1.54. The SMILES string of the molecule is CC#COC(N)=O.I. The van der Waals surface area contributed by atoms with E-state index >= 15 is 0 Å². The molecule has 0 aromatic carbocycles. The molecule has 4 heteroatoms. The van der Waals surface area contributed by atoms with E-state index in [0.29, 0.717) is 0 Å². The van der Waals surface area contributed by atoms with Crippen LogP contribution in [0.3, 0.4) is 0 Å². The number of halogens is 1. The summed E-state index contributed by atoms with van der Waals surface area (Å²) in [5.74, 6) is 2.33. The van der Waals surface area contributed by atoms with Crippen LogP contribution in [0.2, 0.25) is 0 Å². The van der Waals surface area contributed by atoms with Crippen LogP contribution in [0.25, 0.3) is 0 Å². The smallest absolute Gasteiger partial charge is 0.356 e. The predicted octanol–water partition coefficient (Wildman–Crippen LogP) is 0.681. The van der Waals surface area contributed by atoms with Gasteiger partial charge in [-0.3, -0.25) is 0 Å². The highest BCUT2D eigenvalue weighted by molar-refractivity contribution is 14.0. The van der Waals surface area contributed by atoms with Gasteiger partial charge in [0.25, 0.3) is 0 Å². The van der Waals surface area contributed by atoms with Gasteiger partial charge in [-0.15, -0.1) is 24.0 Å². The van der Waals surface area contributed by atoms with Crippen LogP contribution in [-0.2, 0) is 4.74 Å². The van der Waals surface area contributed by atoms with Gasteiger partial charge >= 0.3 is 6.09 Å². The van der Waals surface area contributed by atoms with Gasteiger partial charge < -0.3 is 10.5 Å². The number of primary amides is 1. The monoisotopic (exact) mass is 227 g/mol. The molecule has 0 saturated heterocycles. The topological polar surface area (TPSA) is 52.3 Å². The highest BCUT2D eigenvalue weighted by Crippen LogP contribution is 1.63. The van der Waals surface area contributed by atoms with Crippen molar-refractivity contribution in [3.05, 3.63) is 0 Å². The average Bonchev–Trinajstić information content (AvgIpc) is 1.61. The Hall–Kier alpha value is -0.440. The van der Waals surface area contributed by atoms with Crippen LogP contribution in [0.4, 0.5) is 4.79 Å². The number of amides is 1. The molecule has 1 amide bonds. The third-order valence-electron chi connectivity index (χ3n) is 0.254. The van der Waals surface area contributed by atoms with Crippen LogP contribution in [0.15, 0.2) is 0 Å². The van der Waals surface area contributed by atoms with Gasteiger partial charge in [0.15, 0.2) is 0 Å². The summed E-state index contributed by atoms with van der Waals surface area (Å²) in [5, 5.41) is 0. The lowest BCUT2D eigenvalue weighted by Gasteiger charge is -1.79. The Morgan fingerprint density at radius 3 is 2.38 bits per heavy atom. The molecule has 0 bridgehead atoms. The lowest BCUT2D eigenvalue weighted by atomic mass is 10.8. The van der Waals surface area contributed by atoms with Gasteiger partial charge in [-0.1, -0.05) is 5.92 Å². The summed E-state index contributed by atoms with van der Waals surface area (Å²) in [4.78, 5) is 9.66. The van der Waals surface area contributed by atoms with Crippen LogP contribution in [-0.4, -0.2) is 6.09 Å². The minimum absolute atomic E-state index is 0. The zero-order valence-corrected chi connectivity index (χ0v) is 6.63. The quantitative estimate of drug-likeness (QED) is 0.488. The molecule has 0 unspecified atom stereocenters. The molecule has 0 radical (unpaired) electrons. The van der Waals surface area contributed by atoms with Crippen molar-refractivity contribution in [2.45, 2.75) is 6.92 Å². The van der Waals surface area contributed by atoms with Crippen LogP contribution in [0.5, 0.6) is 0 Å². The van der Waals surface area contributed by atoms with Crippen molar-refractivity contribution in [1.29, 1.82) is 0 Å². The lowest BCUT2D eigenvalue weighted by Crippen LogP contribution is -2.08.